The minimum absolute atomic E-state index is 0.258. The van der Waals surface area contributed by atoms with Gasteiger partial charge in [-0.2, -0.15) is 0 Å². The molecule has 0 saturated carbocycles. The van der Waals surface area contributed by atoms with Gasteiger partial charge in [-0.3, -0.25) is 9.59 Å². The maximum atomic E-state index is 12.0. The summed E-state index contributed by atoms with van der Waals surface area (Å²) in [6, 6.07) is 15.5. The van der Waals surface area contributed by atoms with E-state index in [0.29, 0.717) is 11.3 Å². The van der Waals surface area contributed by atoms with Gasteiger partial charge in [-0.05, 0) is 43.3 Å². The van der Waals surface area contributed by atoms with Crippen molar-refractivity contribution < 1.29 is 9.59 Å². The van der Waals surface area contributed by atoms with Gasteiger partial charge in [0, 0.05) is 15.7 Å². The van der Waals surface area contributed by atoms with Crippen LogP contribution in [0.4, 0.5) is 5.69 Å². The molecule has 4 nitrogen and oxygen atoms in total. The van der Waals surface area contributed by atoms with Crippen molar-refractivity contribution in [2.75, 3.05) is 5.32 Å². The van der Waals surface area contributed by atoms with Gasteiger partial charge in [-0.1, -0.05) is 34.1 Å². The first-order valence-corrected chi connectivity index (χ1v) is 7.28. The Bertz CT molecular complexity index is 626. The van der Waals surface area contributed by atoms with Crippen LogP contribution < -0.4 is 10.6 Å². The molecular weight excluding hydrogens is 332 g/mol. The number of halogens is 1. The van der Waals surface area contributed by atoms with Crippen molar-refractivity contribution in [2.24, 2.45) is 0 Å². The summed E-state index contributed by atoms with van der Waals surface area (Å²) in [4.78, 5) is 24.0. The highest BCUT2D eigenvalue weighted by atomic mass is 79.9. The van der Waals surface area contributed by atoms with Crippen LogP contribution in [-0.2, 0) is 4.79 Å². The maximum Gasteiger partial charge on any atom is 0.251 e. The number of hydrogen-bond donors (Lipinski definition) is 2. The van der Waals surface area contributed by atoms with Crippen molar-refractivity contribution >= 4 is 33.4 Å². The van der Waals surface area contributed by atoms with Crippen LogP contribution in [0.25, 0.3) is 0 Å². The molecule has 0 saturated heterocycles. The number of anilines is 1. The van der Waals surface area contributed by atoms with E-state index in [1.807, 2.05) is 18.2 Å². The lowest BCUT2D eigenvalue weighted by atomic mass is 10.2. The zero-order valence-corrected chi connectivity index (χ0v) is 13.1. The molecule has 0 fully saturated rings. The van der Waals surface area contributed by atoms with Crippen molar-refractivity contribution in [3.05, 3.63) is 64.6 Å². The van der Waals surface area contributed by atoms with Crippen molar-refractivity contribution in [2.45, 2.75) is 13.0 Å². The van der Waals surface area contributed by atoms with Crippen molar-refractivity contribution in [1.29, 1.82) is 0 Å². The van der Waals surface area contributed by atoms with Gasteiger partial charge in [0.1, 0.15) is 6.04 Å². The van der Waals surface area contributed by atoms with Crippen molar-refractivity contribution in [1.82, 2.24) is 5.32 Å². The number of carbonyl (C=O) groups excluding carboxylic acids is 2. The van der Waals surface area contributed by atoms with E-state index in [4.69, 9.17) is 0 Å². The zero-order valence-electron chi connectivity index (χ0n) is 11.5. The van der Waals surface area contributed by atoms with Crippen LogP contribution in [0.15, 0.2) is 59.1 Å². The summed E-state index contributed by atoms with van der Waals surface area (Å²) in [6.45, 7) is 1.65. The zero-order chi connectivity index (χ0) is 15.2. The summed E-state index contributed by atoms with van der Waals surface area (Å²) >= 11 is 3.31. The minimum Gasteiger partial charge on any atom is -0.341 e. The van der Waals surface area contributed by atoms with Gasteiger partial charge in [0.05, 0.1) is 0 Å². The number of amides is 2. The Balaban J connectivity index is 1.94. The Morgan fingerprint density at radius 3 is 2.24 bits per heavy atom. The molecule has 0 aromatic heterocycles. The maximum absolute atomic E-state index is 12.0. The second kappa shape index (κ2) is 7.04. The standard InChI is InChI=1S/C16H15BrN2O2/c1-11(15(20)19-14-5-3-2-4-6-14)18-16(21)12-7-9-13(17)10-8-12/h2-11H,1H3,(H,18,21)(H,19,20). The van der Waals surface area contributed by atoms with E-state index in [0.717, 1.165) is 4.47 Å². The second-order valence-electron chi connectivity index (χ2n) is 4.56. The van der Waals surface area contributed by atoms with Gasteiger partial charge >= 0.3 is 0 Å². The SMILES string of the molecule is CC(NC(=O)c1ccc(Br)cc1)C(=O)Nc1ccccc1. The van der Waals surface area contributed by atoms with Gasteiger partial charge in [-0.25, -0.2) is 0 Å². The van der Waals surface area contributed by atoms with E-state index >= 15 is 0 Å². The second-order valence-corrected chi connectivity index (χ2v) is 5.47. The topological polar surface area (TPSA) is 58.2 Å². The number of hydrogen-bond acceptors (Lipinski definition) is 2. The first kappa shape index (κ1) is 15.3. The van der Waals surface area contributed by atoms with Crippen LogP contribution in [0, 0.1) is 0 Å². The Kier molecular flexibility index (Phi) is 5.11. The molecule has 2 rings (SSSR count). The summed E-state index contributed by atoms with van der Waals surface area (Å²) in [5.41, 5.74) is 1.21. The summed E-state index contributed by atoms with van der Waals surface area (Å²) in [5, 5.41) is 5.42. The van der Waals surface area contributed by atoms with Gasteiger partial charge < -0.3 is 10.6 Å². The molecule has 2 amide bonds. The van der Waals surface area contributed by atoms with Crippen LogP contribution in [0.5, 0.6) is 0 Å². The Morgan fingerprint density at radius 2 is 1.62 bits per heavy atom. The largest absolute Gasteiger partial charge is 0.341 e. The first-order valence-electron chi connectivity index (χ1n) is 6.48. The molecule has 0 aliphatic heterocycles. The molecular formula is C16H15BrN2O2. The number of para-hydroxylation sites is 1. The molecule has 0 radical (unpaired) electrons. The molecule has 2 N–H and O–H groups in total. The molecule has 1 atom stereocenters. The van der Waals surface area contributed by atoms with Gasteiger partial charge in [0.2, 0.25) is 5.91 Å². The van der Waals surface area contributed by atoms with Crippen LogP contribution in [-0.4, -0.2) is 17.9 Å². The summed E-state index contributed by atoms with van der Waals surface area (Å²) in [7, 11) is 0. The molecule has 21 heavy (non-hydrogen) atoms. The van der Waals surface area contributed by atoms with Gasteiger partial charge in [0.25, 0.3) is 5.91 Å². The highest BCUT2D eigenvalue weighted by Gasteiger charge is 2.16. The molecule has 0 heterocycles. The Labute approximate surface area is 131 Å². The molecule has 5 heteroatoms. The monoisotopic (exact) mass is 346 g/mol. The Hall–Kier alpha value is -2.14. The molecule has 1 unspecified atom stereocenters. The lowest BCUT2D eigenvalue weighted by Gasteiger charge is -2.14. The fourth-order valence-corrected chi connectivity index (χ4v) is 1.98. The highest BCUT2D eigenvalue weighted by Crippen LogP contribution is 2.11. The third-order valence-corrected chi connectivity index (χ3v) is 3.42. The third kappa shape index (κ3) is 4.43. The number of rotatable bonds is 4. The average Bonchev–Trinajstić information content (AvgIpc) is 2.48. The molecule has 108 valence electrons. The number of benzene rings is 2. The lowest BCUT2D eigenvalue weighted by molar-refractivity contribution is -0.117. The third-order valence-electron chi connectivity index (χ3n) is 2.89. The van der Waals surface area contributed by atoms with E-state index in [2.05, 4.69) is 26.6 Å². The predicted molar refractivity (Wildman–Crippen MR) is 86.1 cm³/mol. The minimum atomic E-state index is -0.624. The van der Waals surface area contributed by atoms with Crippen LogP contribution in [0.3, 0.4) is 0 Å². The lowest BCUT2D eigenvalue weighted by Crippen LogP contribution is -2.41. The van der Waals surface area contributed by atoms with Crippen LogP contribution in [0.1, 0.15) is 17.3 Å². The van der Waals surface area contributed by atoms with Gasteiger partial charge in [-0.15, -0.1) is 0 Å². The molecule has 0 aliphatic carbocycles. The van der Waals surface area contributed by atoms with Crippen LogP contribution in [0.2, 0.25) is 0 Å². The first-order chi connectivity index (χ1) is 10.1. The van der Waals surface area contributed by atoms with E-state index in [1.165, 1.54) is 0 Å². The van der Waals surface area contributed by atoms with Crippen LogP contribution >= 0.6 is 15.9 Å². The fourth-order valence-electron chi connectivity index (χ4n) is 1.72. The van der Waals surface area contributed by atoms with Crippen molar-refractivity contribution in [3.63, 3.8) is 0 Å². The molecule has 0 bridgehead atoms. The van der Waals surface area contributed by atoms with E-state index in [-0.39, 0.29) is 11.8 Å². The number of carbonyl (C=O) groups is 2. The molecule has 0 aliphatic rings. The van der Waals surface area contributed by atoms with Gasteiger partial charge in [0.15, 0.2) is 0 Å². The predicted octanol–water partition coefficient (Wildman–Crippen LogP) is 3.21. The summed E-state index contributed by atoms with van der Waals surface area (Å²) in [6.07, 6.45) is 0. The molecule has 2 aromatic carbocycles. The quantitative estimate of drug-likeness (QED) is 0.892. The molecule has 2 aromatic rings. The van der Waals surface area contributed by atoms with Crippen molar-refractivity contribution in [3.8, 4) is 0 Å². The smallest absolute Gasteiger partial charge is 0.251 e. The Morgan fingerprint density at radius 1 is 1.00 bits per heavy atom. The van der Waals surface area contributed by atoms with E-state index < -0.39 is 6.04 Å². The number of nitrogens with one attached hydrogen (secondary N) is 2. The summed E-state index contributed by atoms with van der Waals surface area (Å²) < 4.78 is 0.897. The van der Waals surface area contributed by atoms with E-state index in [1.54, 1.807) is 43.3 Å². The average molecular weight is 347 g/mol. The van der Waals surface area contributed by atoms with E-state index in [9.17, 15) is 9.59 Å². The summed E-state index contributed by atoms with van der Waals surface area (Å²) in [5.74, 6) is -0.537. The highest BCUT2D eigenvalue weighted by molar-refractivity contribution is 9.10. The molecule has 0 spiro atoms. The fraction of sp³-hybridized carbons (Fsp3) is 0.125. The normalized spacial score (nSPS) is 11.5.